The number of carbonyl (C=O) groups is 1. The molecule has 0 aliphatic heterocycles. The van der Waals surface area contributed by atoms with Gasteiger partial charge in [0.25, 0.3) is 0 Å². The Hall–Kier alpha value is -1.55. The Balaban J connectivity index is 2.75. The molecule has 0 saturated heterocycles. The van der Waals surface area contributed by atoms with E-state index in [0.29, 0.717) is 6.42 Å². The van der Waals surface area contributed by atoms with Gasteiger partial charge in [-0.3, -0.25) is 0 Å². The van der Waals surface area contributed by atoms with Crippen LogP contribution in [0.5, 0.6) is 0 Å². The predicted octanol–water partition coefficient (Wildman–Crippen LogP) is 2.76. The predicted molar refractivity (Wildman–Crippen MR) is 72.4 cm³/mol. The third-order valence-corrected chi connectivity index (χ3v) is 3.06. The van der Waals surface area contributed by atoms with E-state index in [1.165, 1.54) is 0 Å². The number of carboxylic acid groups (broad SMARTS) is 1. The second-order valence-corrected chi connectivity index (χ2v) is 5.62. The molecule has 100 valence electrons. The van der Waals surface area contributed by atoms with Crippen LogP contribution in [0.15, 0.2) is 30.3 Å². The molecule has 0 aromatic heterocycles. The second kappa shape index (κ2) is 5.87. The lowest BCUT2D eigenvalue weighted by molar-refractivity contribution is 0.170. The highest BCUT2D eigenvalue weighted by Gasteiger charge is 2.28. The van der Waals surface area contributed by atoms with Gasteiger partial charge in [-0.1, -0.05) is 51.1 Å². The van der Waals surface area contributed by atoms with Gasteiger partial charge in [0.1, 0.15) is 0 Å². The first-order valence-electron chi connectivity index (χ1n) is 6.10. The fourth-order valence-electron chi connectivity index (χ4n) is 1.87. The van der Waals surface area contributed by atoms with Gasteiger partial charge in [-0.25, -0.2) is 4.79 Å². The summed E-state index contributed by atoms with van der Waals surface area (Å²) >= 11 is 0. The number of nitrogens with two attached hydrogens (primary N) is 1. The average Bonchev–Trinajstić information content (AvgIpc) is 2.27. The third kappa shape index (κ3) is 4.37. The highest BCUT2D eigenvalue weighted by Crippen LogP contribution is 2.26. The molecule has 4 N–H and O–H groups in total. The van der Waals surface area contributed by atoms with Gasteiger partial charge in [0.15, 0.2) is 0 Å². The highest BCUT2D eigenvalue weighted by molar-refractivity contribution is 5.65. The van der Waals surface area contributed by atoms with E-state index < -0.39 is 6.09 Å². The average molecular weight is 250 g/mol. The molecule has 1 amide bonds. The minimum Gasteiger partial charge on any atom is -0.465 e. The van der Waals surface area contributed by atoms with Crippen LogP contribution in [-0.4, -0.2) is 17.2 Å². The summed E-state index contributed by atoms with van der Waals surface area (Å²) in [5, 5.41) is 11.4. The summed E-state index contributed by atoms with van der Waals surface area (Å²) in [6.45, 7) is 6.02. The summed E-state index contributed by atoms with van der Waals surface area (Å²) in [5.41, 5.74) is 7.00. The van der Waals surface area contributed by atoms with Gasteiger partial charge in [-0.2, -0.15) is 0 Å². The van der Waals surface area contributed by atoms with E-state index in [-0.39, 0.29) is 17.5 Å². The van der Waals surface area contributed by atoms with Gasteiger partial charge < -0.3 is 16.2 Å². The summed E-state index contributed by atoms with van der Waals surface area (Å²) in [6.07, 6.45) is -0.421. The molecule has 4 heteroatoms. The van der Waals surface area contributed by atoms with Crippen LogP contribution in [0.25, 0.3) is 0 Å². The standard InChI is InChI=1S/C14H22N2O2/c1-14(2,3)12(16-13(17)18)9-11(15)10-7-5-4-6-8-10/h4-8,11-12,16H,9,15H2,1-3H3,(H,17,18). The van der Waals surface area contributed by atoms with Crippen molar-refractivity contribution in [3.8, 4) is 0 Å². The molecule has 2 unspecified atom stereocenters. The van der Waals surface area contributed by atoms with Gasteiger partial charge in [0, 0.05) is 12.1 Å². The molecule has 1 aromatic rings. The van der Waals surface area contributed by atoms with Gasteiger partial charge >= 0.3 is 6.09 Å². The van der Waals surface area contributed by atoms with Crippen LogP contribution in [0.2, 0.25) is 0 Å². The molecule has 1 aromatic carbocycles. The van der Waals surface area contributed by atoms with E-state index in [1.54, 1.807) is 0 Å². The van der Waals surface area contributed by atoms with E-state index in [4.69, 9.17) is 10.8 Å². The van der Waals surface area contributed by atoms with E-state index >= 15 is 0 Å². The normalized spacial score (nSPS) is 14.9. The third-order valence-electron chi connectivity index (χ3n) is 3.06. The Labute approximate surface area is 108 Å². The minimum atomic E-state index is -1.00. The Morgan fingerprint density at radius 1 is 1.33 bits per heavy atom. The van der Waals surface area contributed by atoms with Crippen LogP contribution >= 0.6 is 0 Å². The van der Waals surface area contributed by atoms with Crippen LogP contribution in [0.4, 0.5) is 4.79 Å². The van der Waals surface area contributed by atoms with Gasteiger partial charge in [0.2, 0.25) is 0 Å². The second-order valence-electron chi connectivity index (χ2n) is 5.62. The molecule has 1 rings (SSSR count). The van der Waals surface area contributed by atoms with Crippen molar-refractivity contribution in [1.29, 1.82) is 0 Å². The minimum absolute atomic E-state index is 0.162. The first-order chi connectivity index (χ1) is 8.30. The lowest BCUT2D eigenvalue weighted by Gasteiger charge is -2.32. The maximum Gasteiger partial charge on any atom is 0.404 e. The van der Waals surface area contributed by atoms with Crippen LogP contribution in [-0.2, 0) is 0 Å². The fraction of sp³-hybridized carbons (Fsp3) is 0.500. The molecule has 0 spiro atoms. The number of hydrogen-bond acceptors (Lipinski definition) is 2. The Morgan fingerprint density at radius 3 is 2.33 bits per heavy atom. The molecule has 0 fully saturated rings. The molecule has 0 radical (unpaired) electrons. The first kappa shape index (κ1) is 14.5. The van der Waals surface area contributed by atoms with Gasteiger partial charge in [-0.05, 0) is 17.4 Å². The summed E-state index contributed by atoms with van der Waals surface area (Å²) < 4.78 is 0. The summed E-state index contributed by atoms with van der Waals surface area (Å²) in [6, 6.07) is 9.40. The zero-order valence-electron chi connectivity index (χ0n) is 11.2. The van der Waals surface area contributed by atoms with E-state index in [0.717, 1.165) is 5.56 Å². The molecular formula is C14H22N2O2. The number of rotatable bonds is 4. The summed E-state index contributed by atoms with van der Waals surface area (Å²) in [7, 11) is 0. The zero-order chi connectivity index (χ0) is 13.8. The largest absolute Gasteiger partial charge is 0.465 e. The lowest BCUT2D eigenvalue weighted by Crippen LogP contribution is -2.44. The molecule has 0 saturated carbocycles. The van der Waals surface area contributed by atoms with Crippen molar-refractivity contribution in [2.45, 2.75) is 39.3 Å². The lowest BCUT2D eigenvalue weighted by atomic mass is 9.82. The van der Waals surface area contributed by atoms with E-state index in [1.807, 2.05) is 51.1 Å². The topological polar surface area (TPSA) is 75.3 Å². The molecular weight excluding hydrogens is 228 g/mol. The maximum atomic E-state index is 10.8. The van der Waals surface area contributed by atoms with Gasteiger partial charge in [0.05, 0.1) is 0 Å². The summed E-state index contributed by atoms with van der Waals surface area (Å²) in [5.74, 6) is 0. The van der Waals surface area contributed by atoms with E-state index in [9.17, 15) is 4.79 Å². The van der Waals surface area contributed by atoms with Crippen LogP contribution in [0.1, 0.15) is 38.8 Å². The number of amides is 1. The number of nitrogens with one attached hydrogen (secondary N) is 1. The van der Waals surface area contributed by atoms with Crippen molar-refractivity contribution in [2.75, 3.05) is 0 Å². The van der Waals surface area contributed by atoms with Crippen molar-refractivity contribution in [3.05, 3.63) is 35.9 Å². The quantitative estimate of drug-likeness (QED) is 0.769. The Bertz CT molecular complexity index is 385. The van der Waals surface area contributed by atoms with Crippen molar-refractivity contribution in [3.63, 3.8) is 0 Å². The van der Waals surface area contributed by atoms with Crippen molar-refractivity contribution in [1.82, 2.24) is 5.32 Å². The molecule has 0 aliphatic rings. The Kier molecular flexibility index (Phi) is 4.73. The molecule has 4 nitrogen and oxygen atoms in total. The molecule has 18 heavy (non-hydrogen) atoms. The van der Waals surface area contributed by atoms with Crippen LogP contribution < -0.4 is 11.1 Å². The molecule has 0 aliphatic carbocycles. The number of benzene rings is 1. The molecule has 2 atom stereocenters. The highest BCUT2D eigenvalue weighted by atomic mass is 16.4. The van der Waals surface area contributed by atoms with Crippen LogP contribution in [0.3, 0.4) is 0 Å². The maximum absolute atomic E-state index is 10.8. The number of hydrogen-bond donors (Lipinski definition) is 3. The molecule has 0 heterocycles. The summed E-state index contributed by atoms with van der Waals surface area (Å²) in [4.78, 5) is 10.8. The van der Waals surface area contributed by atoms with Crippen molar-refractivity contribution >= 4 is 6.09 Å². The van der Waals surface area contributed by atoms with E-state index in [2.05, 4.69) is 5.32 Å². The van der Waals surface area contributed by atoms with Gasteiger partial charge in [-0.15, -0.1) is 0 Å². The van der Waals surface area contributed by atoms with Crippen LogP contribution in [0, 0.1) is 5.41 Å². The zero-order valence-corrected chi connectivity index (χ0v) is 11.2. The van der Waals surface area contributed by atoms with Crippen molar-refractivity contribution in [2.24, 2.45) is 11.1 Å². The SMILES string of the molecule is CC(C)(C)C(CC(N)c1ccccc1)NC(=O)O. The smallest absolute Gasteiger partial charge is 0.404 e. The molecule has 0 bridgehead atoms. The first-order valence-corrected chi connectivity index (χ1v) is 6.10. The fourth-order valence-corrected chi connectivity index (χ4v) is 1.87. The monoisotopic (exact) mass is 250 g/mol. The van der Waals surface area contributed by atoms with Crippen molar-refractivity contribution < 1.29 is 9.90 Å². The Morgan fingerprint density at radius 2 is 1.89 bits per heavy atom.